The molecule has 2 bridgehead atoms. The standard InChI is InChI=1S/C24H19Cl3N2O4/c25-15-5-3-12(4-6-15)22(31)28(11-19(30)17-8-7-16(26)10-18(17)27)29-23(32)20-13-1-2-14(9-13)21(20)24(29)33/h3-8,10,13-14,20-21H,1-2,9,11H2/t13-,14-,20-,21-/m0/s1. The van der Waals surface area contributed by atoms with Gasteiger partial charge in [-0.3, -0.25) is 19.2 Å². The van der Waals surface area contributed by atoms with E-state index in [0.29, 0.717) is 10.0 Å². The Morgan fingerprint density at radius 3 is 2.03 bits per heavy atom. The maximum Gasteiger partial charge on any atom is 0.273 e. The first-order valence-corrected chi connectivity index (χ1v) is 11.8. The molecule has 0 unspecified atom stereocenters. The fourth-order valence-corrected chi connectivity index (χ4v) is 6.18. The Kier molecular flexibility index (Phi) is 5.71. The molecule has 0 aromatic heterocycles. The van der Waals surface area contributed by atoms with Crippen LogP contribution in [0.3, 0.4) is 0 Å². The van der Waals surface area contributed by atoms with Crippen molar-refractivity contribution in [1.82, 2.24) is 10.0 Å². The van der Waals surface area contributed by atoms with Crippen LogP contribution in [0.4, 0.5) is 0 Å². The first kappa shape index (κ1) is 22.4. The summed E-state index contributed by atoms with van der Waals surface area (Å²) in [5, 5.41) is 2.78. The molecule has 3 fully saturated rings. The zero-order chi connectivity index (χ0) is 23.4. The molecule has 0 radical (unpaired) electrons. The highest BCUT2D eigenvalue weighted by Gasteiger charge is 2.62. The summed E-state index contributed by atoms with van der Waals surface area (Å²) in [6, 6.07) is 10.5. The minimum absolute atomic E-state index is 0.125. The molecule has 9 heteroatoms. The summed E-state index contributed by atoms with van der Waals surface area (Å²) < 4.78 is 0. The van der Waals surface area contributed by atoms with Gasteiger partial charge in [-0.1, -0.05) is 34.8 Å². The van der Waals surface area contributed by atoms with E-state index in [4.69, 9.17) is 34.8 Å². The summed E-state index contributed by atoms with van der Waals surface area (Å²) in [6.07, 6.45) is 2.68. The number of carbonyl (C=O) groups excluding carboxylic acids is 4. The average Bonchev–Trinajstić information content (AvgIpc) is 3.46. The number of hydrogen-bond donors (Lipinski definition) is 0. The van der Waals surface area contributed by atoms with Crippen molar-refractivity contribution in [2.75, 3.05) is 6.54 Å². The zero-order valence-corrected chi connectivity index (χ0v) is 19.6. The maximum absolute atomic E-state index is 13.5. The second kappa shape index (κ2) is 8.42. The molecule has 2 aromatic carbocycles. The molecule has 2 aliphatic carbocycles. The third-order valence-corrected chi connectivity index (χ3v) is 7.80. The van der Waals surface area contributed by atoms with E-state index in [2.05, 4.69) is 0 Å². The van der Waals surface area contributed by atoms with E-state index < -0.39 is 41.9 Å². The Bertz CT molecular complexity index is 1150. The van der Waals surface area contributed by atoms with Gasteiger partial charge in [0.15, 0.2) is 5.78 Å². The number of hydrogen-bond acceptors (Lipinski definition) is 4. The molecule has 4 atom stereocenters. The van der Waals surface area contributed by atoms with E-state index in [1.807, 2.05) is 0 Å². The Labute approximate surface area is 205 Å². The van der Waals surface area contributed by atoms with Crippen molar-refractivity contribution >= 4 is 58.3 Å². The van der Waals surface area contributed by atoms with Crippen LogP contribution in [0, 0.1) is 23.7 Å². The quantitative estimate of drug-likeness (QED) is 0.427. The monoisotopic (exact) mass is 504 g/mol. The van der Waals surface area contributed by atoms with Crippen molar-refractivity contribution in [3.8, 4) is 0 Å². The number of carbonyl (C=O) groups is 4. The van der Waals surface area contributed by atoms with Crippen LogP contribution in [0.5, 0.6) is 0 Å². The number of halogens is 3. The molecule has 0 spiro atoms. The summed E-state index contributed by atoms with van der Waals surface area (Å²) in [7, 11) is 0. The predicted octanol–water partition coefficient (Wildman–Crippen LogP) is 4.92. The summed E-state index contributed by atoms with van der Waals surface area (Å²) >= 11 is 18.1. The van der Waals surface area contributed by atoms with Crippen molar-refractivity contribution < 1.29 is 19.2 Å². The SMILES string of the molecule is O=C(CN(C(=O)c1ccc(Cl)cc1)N1C(=O)[C@H]2[C@H]3CC[C@@H](C3)[C@@H]2C1=O)c1ccc(Cl)cc1Cl. The number of benzene rings is 2. The molecular formula is C24H19Cl3N2O4. The van der Waals surface area contributed by atoms with Crippen LogP contribution in [0.2, 0.25) is 15.1 Å². The van der Waals surface area contributed by atoms with E-state index in [1.165, 1.54) is 42.5 Å². The van der Waals surface area contributed by atoms with Gasteiger partial charge < -0.3 is 0 Å². The molecule has 1 aliphatic heterocycles. The summed E-state index contributed by atoms with van der Waals surface area (Å²) in [4.78, 5) is 53.4. The van der Waals surface area contributed by atoms with Crippen molar-refractivity contribution in [3.05, 3.63) is 68.7 Å². The molecule has 2 saturated carbocycles. The summed E-state index contributed by atoms with van der Waals surface area (Å²) in [5.74, 6) is -2.52. The van der Waals surface area contributed by atoms with Gasteiger partial charge in [0.1, 0.15) is 6.54 Å². The van der Waals surface area contributed by atoms with Gasteiger partial charge >= 0.3 is 0 Å². The highest BCUT2D eigenvalue weighted by Crippen LogP contribution is 2.56. The second-order valence-corrected chi connectivity index (χ2v) is 10.1. The lowest BCUT2D eigenvalue weighted by Gasteiger charge is -2.31. The Balaban J connectivity index is 1.51. The summed E-state index contributed by atoms with van der Waals surface area (Å²) in [6.45, 7) is -0.519. The van der Waals surface area contributed by atoms with Crippen molar-refractivity contribution in [3.63, 3.8) is 0 Å². The first-order chi connectivity index (χ1) is 15.8. The second-order valence-electron chi connectivity index (χ2n) is 8.79. The molecule has 3 aliphatic rings. The minimum Gasteiger partial charge on any atom is -0.292 e. The average molecular weight is 506 g/mol. The molecule has 5 rings (SSSR count). The molecule has 6 nitrogen and oxygen atoms in total. The minimum atomic E-state index is -0.640. The van der Waals surface area contributed by atoms with Crippen LogP contribution in [0.15, 0.2) is 42.5 Å². The van der Waals surface area contributed by atoms with E-state index in [-0.39, 0.29) is 28.0 Å². The predicted molar refractivity (Wildman–Crippen MR) is 123 cm³/mol. The molecule has 1 heterocycles. The number of hydrazine groups is 1. The lowest BCUT2D eigenvalue weighted by atomic mass is 9.81. The highest BCUT2D eigenvalue weighted by molar-refractivity contribution is 6.37. The van der Waals surface area contributed by atoms with Crippen LogP contribution in [-0.2, 0) is 9.59 Å². The van der Waals surface area contributed by atoms with E-state index in [0.717, 1.165) is 29.3 Å². The molecule has 3 amide bonds. The summed E-state index contributed by atoms with van der Waals surface area (Å²) in [5.41, 5.74) is 0.351. The van der Waals surface area contributed by atoms with Crippen molar-refractivity contribution in [1.29, 1.82) is 0 Å². The smallest absolute Gasteiger partial charge is 0.273 e. The number of rotatable bonds is 5. The lowest BCUT2D eigenvalue weighted by molar-refractivity contribution is -0.154. The van der Waals surface area contributed by atoms with Crippen molar-refractivity contribution in [2.24, 2.45) is 23.7 Å². The maximum atomic E-state index is 13.5. The number of imide groups is 1. The Morgan fingerprint density at radius 1 is 0.879 bits per heavy atom. The fourth-order valence-electron chi connectivity index (χ4n) is 5.54. The van der Waals surface area contributed by atoms with Gasteiger partial charge in [-0.15, -0.1) is 0 Å². The number of Topliss-reactive ketones (excluding diaryl/α,β-unsaturated/α-hetero) is 1. The van der Waals surface area contributed by atoms with E-state index in [9.17, 15) is 19.2 Å². The molecule has 0 N–H and O–H groups in total. The lowest BCUT2D eigenvalue weighted by Crippen LogP contribution is -2.52. The van der Waals surface area contributed by atoms with Gasteiger partial charge in [0.25, 0.3) is 17.7 Å². The number of ketones is 1. The topological polar surface area (TPSA) is 74.8 Å². The van der Waals surface area contributed by atoms with Gasteiger partial charge in [0.2, 0.25) is 0 Å². The normalized spacial score (nSPS) is 25.5. The fraction of sp³-hybridized carbons (Fsp3) is 0.333. The molecule has 2 aromatic rings. The number of amides is 3. The molecular weight excluding hydrogens is 487 g/mol. The van der Waals surface area contributed by atoms with Crippen LogP contribution in [0.25, 0.3) is 0 Å². The van der Waals surface area contributed by atoms with Gasteiger partial charge in [0, 0.05) is 21.2 Å². The van der Waals surface area contributed by atoms with Crippen LogP contribution >= 0.6 is 34.8 Å². The first-order valence-electron chi connectivity index (χ1n) is 10.7. The Hall–Kier alpha value is -2.41. The molecule has 170 valence electrons. The zero-order valence-electron chi connectivity index (χ0n) is 17.3. The van der Waals surface area contributed by atoms with Gasteiger partial charge in [-0.05, 0) is 73.6 Å². The van der Waals surface area contributed by atoms with Gasteiger partial charge in [-0.2, -0.15) is 5.01 Å². The Morgan fingerprint density at radius 2 is 1.45 bits per heavy atom. The van der Waals surface area contributed by atoms with E-state index >= 15 is 0 Å². The third-order valence-electron chi connectivity index (χ3n) is 7.00. The van der Waals surface area contributed by atoms with Crippen molar-refractivity contribution in [2.45, 2.75) is 19.3 Å². The molecule has 1 saturated heterocycles. The third kappa shape index (κ3) is 3.74. The number of nitrogens with zero attached hydrogens (tertiary/aromatic N) is 2. The van der Waals surface area contributed by atoms with Crippen LogP contribution in [-0.4, -0.2) is 40.1 Å². The van der Waals surface area contributed by atoms with Gasteiger partial charge in [0.05, 0.1) is 16.9 Å². The van der Waals surface area contributed by atoms with Gasteiger partial charge in [-0.25, -0.2) is 5.01 Å². The van der Waals surface area contributed by atoms with Crippen LogP contribution in [0.1, 0.15) is 40.0 Å². The highest BCUT2D eigenvalue weighted by atomic mass is 35.5. The van der Waals surface area contributed by atoms with E-state index in [1.54, 1.807) is 0 Å². The molecule has 33 heavy (non-hydrogen) atoms. The number of fused-ring (bicyclic) bond motifs is 5. The van der Waals surface area contributed by atoms with Crippen LogP contribution < -0.4 is 0 Å². The largest absolute Gasteiger partial charge is 0.292 e.